The SMILES string of the molecule is C[C@H]1C[C@@H](N)C1. The fourth-order valence-corrected chi connectivity index (χ4v) is 0.965. The van der Waals surface area contributed by atoms with Crippen molar-refractivity contribution in [1.82, 2.24) is 0 Å². The normalized spacial score (nSPS) is 45.0. The van der Waals surface area contributed by atoms with Crippen molar-refractivity contribution in [2.75, 3.05) is 0 Å². The standard InChI is InChI=1S/C5H11N/c1-4-2-5(6)3-4/h4-5H,2-3,6H2,1H3/t4-,5+. The van der Waals surface area contributed by atoms with Crippen molar-refractivity contribution < 1.29 is 0 Å². The van der Waals surface area contributed by atoms with Gasteiger partial charge in [0.25, 0.3) is 0 Å². The van der Waals surface area contributed by atoms with Crippen molar-refractivity contribution >= 4 is 0 Å². The summed E-state index contributed by atoms with van der Waals surface area (Å²) >= 11 is 0. The van der Waals surface area contributed by atoms with Gasteiger partial charge in [0.05, 0.1) is 0 Å². The van der Waals surface area contributed by atoms with Crippen LogP contribution in [-0.2, 0) is 0 Å². The van der Waals surface area contributed by atoms with Gasteiger partial charge in [-0.2, -0.15) is 0 Å². The molecule has 1 rings (SSSR count). The molecule has 2 N–H and O–H groups in total. The molecule has 0 bridgehead atoms. The minimum absolute atomic E-state index is 0.542. The van der Waals surface area contributed by atoms with E-state index in [0.717, 1.165) is 5.92 Å². The highest BCUT2D eigenvalue weighted by molar-refractivity contribution is 4.78. The van der Waals surface area contributed by atoms with Crippen molar-refractivity contribution in [3.63, 3.8) is 0 Å². The molecule has 0 spiro atoms. The van der Waals surface area contributed by atoms with Gasteiger partial charge in [-0.1, -0.05) is 6.92 Å². The van der Waals surface area contributed by atoms with Crippen LogP contribution in [0, 0.1) is 5.92 Å². The van der Waals surface area contributed by atoms with Crippen molar-refractivity contribution in [3.8, 4) is 0 Å². The minimum Gasteiger partial charge on any atom is -0.328 e. The van der Waals surface area contributed by atoms with Crippen LogP contribution in [0.15, 0.2) is 0 Å². The Bertz CT molecular complexity index is 39.9. The molecule has 0 radical (unpaired) electrons. The molecule has 0 amide bonds. The molecule has 36 valence electrons. The second-order valence-corrected chi connectivity index (χ2v) is 2.34. The maximum absolute atomic E-state index is 5.47. The van der Waals surface area contributed by atoms with Crippen LogP contribution in [0.2, 0.25) is 0 Å². The van der Waals surface area contributed by atoms with Crippen LogP contribution in [0.25, 0.3) is 0 Å². The topological polar surface area (TPSA) is 26.0 Å². The van der Waals surface area contributed by atoms with Crippen LogP contribution in [-0.4, -0.2) is 6.04 Å². The van der Waals surface area contributed by atoms with Crippen molar-refractivity contribution in [2.24, 2.45) is 11.7 Å². The summed E-state index contributed by atoms with van der Waals surface area (Å²) < 4.78 is 0. The second kappa shape index (κ2) is 1.23. The zero-order chi connectivity index (χ0) is 4.57. The quantitative estimate of drug-likeness (QED) is 0.461. The number of hydrogen-bond donors (Lipinski definition) is 1. The van der Waals surface area contributed by atoms with Crippen LogP contribution >= 0.6 is 0 Å². The minimum atomic E-state index is 0.542. The summed E-state index contributed by atoms with van der Waals surface area (Å²) in [5, 5.41) is 0. The third-order valence-corrected chi connectivity index (χ3v) is 1.41. The molecule has 1 nitrogen and oxygen atoms in total. The Morgan fingerprint density at radius 3 is 2.00 bits per heavy atom. The lowest BCUT2D eigenvalue weighted by atomic mass is 9.83. The molecule has 0 aromatic carbocycles. The average molecular weight is 85.2 g/mol. The molecule has 1 fully saturated rings. The Kier molecular flexibility index (Phi) is 0.845. The largest absolute Gasteiger partial charge is 0.328 e. The maximum atomic E-state index is 5.47. The Balaban J connectivity index is 2.11. The van der Waals surface area contributed by atoms with E-state index in [9.17, 15) is 0 Å². The average Bonchev–Trinajstić information content (AvgIpc) is 1.33. The van der Waals surface area contributed by atoms with Crippen molar-refractivity contribution in [1.29, 1.82) is 0 Å². The summed E-state index contributed by atoms with van der Waals surface area (Å²) in [5.41, 5.74) is 5.47. The molecular weight excluding hydrogens is 74.1 g/mol. The monoisotopic (exact) mass is 85.1 g/mol. The molecular formula is C5H11N. The summed E-state index contributed by atoms with van der Waals surface area (Å²) in [6.45, 7) is 2.24. The Labute approximate surface area is 38.5 Å². The molecule has 6 heavy (non-hydrogen) atoms. The molecule has 0 atom stereocenters. The van der Waals surface area contributed by atoms with Crippen molar-refractivity contribution in [2.45, 2.75) is 25.8 Å². The Morgan fingerprint density at radius 2 is 2.00 bits per heavy atom. The predicted molar refractivity (Wildman–Crippen MR) is 26.4 cm³/mol. The molecule has 0 unspecified atom stereocenters. The van der Waals surface area contributed by atoms with Crippen LogP contribution in [0.3, 0.4) is 0 Å². The summed E-state index contributed by atoms with van der Waals surface area (Å²) in [6, 6.07) is 0.542. The summed E-state index contributed by atoms with van der Waals surface area (Å²) in [4.78, 5) is 0. The maximum Gasteiger partial charge on any atom is 0.00439 e. The molecule has 1 saturated carbocycles. The van der Waals surface area contributed by atoms with Gasteiger partial charge in [0.1, 0.15) is 0 Å². The molecule has 1 aliphatic rings. The van der Waals surface area contributed by atoms with E-state index >= 15 is 0 Å². The van der Waals surface area contributed by atoms with Crippen LogP contribution in [0.4, 0.5) is 0 Å². The van der Waals surface area contributed by atoms with E-state index in [1.807, 2.05) is 0 Å². The van der Waals surface area contributed by atoms with Crippen molar-refractivity contribution in [3.05, 3.63) is 0 Å². The van der Waals surface area contributed by atoms with E-state index in [2.05, 4.69) is 6.92 Å². The predicted octanol–water partition coefficient (Wildman–Crippen LogP) is 0.744. The molecule has 0 heterocycles. The van der Waals surface area contributed by atoms with E-state index < -0.39 is 0 Å². The van der Waals surface area contributed by atoms with E-state index in [-0.39, 0.29) is 0 Å². The van der Waals surface area contributed by atoms with Gasteiger partial charge in [0, 0.05) is 6.04 Å². The second-order valence-electron chi connectivity index (χ2n) is 2.34. The van der Waals surface area contributed by atoms with Gasteiger partial charge < -0.3 is 5.73 Å². The fraction of sp³-hybridized carbons (Fsp3) is 1.00. The number of nitrogens with two attached hydrogens (primary N) is 1. The van der Waals surface area contributed by atoms with Crippen LogP contribution < -0.4 is 5.73 Å². The van der Waals surface area contributed by atoms with E-state index in [4.69, 9.17) is 5.73 Å². The van der Waals surface area contributed by atoms with Gasteiger partial charge in [0.2, 0.25) is 0 Å². The lowest BCUT2D eigenvalue weighted by Gasteiger charge is -2.28. The first-order chi connectivity index (χ1) is 2.79. The zero-order valence-corrected chi connectivity index (χ0v) is 4.15. The van der Waals surface area contributed by atoms with Crippen LogP contribution in [0.1, 0.15) is 19.8 Å². The van der Waals surface area contributed by atoms with Gasteiger partial charge in [0.15, 0.2) is 0 Å². The molecule has 0 aliphatic heterocycles. The van der Waals surface area contributed by atoms with Gasteiger partial charge in [-0.05, 0) is 18.8 Å². The number of rotatable bonds is 0. The molecule has 0 aromatic heterocycles. The first-order valence-corrected chi connectivity index (χ1v) is 2.54. The third kappa shape index (κ3) is 0.548. The molecule has 0 saturated heterocycles. The van der Waals surface area contributed by atoms with E-state index in [1.54, 1.807) is 0 Å². The third-order valence-electron chi connectivity index (χ3n) is 1.41. The molecule has 1 aliphatic carbocycles. The Morgan fingerprint density at radius 1 is 1.50 bits per heavy atom. The van der Waals surface area contributed by atoms with E-state index in [0.29, 0.717) is 6.04 Å². The van der Waals surface area contributed by atoms with Gasteiger partial charge in [-0.15, -0.1) is 0 Å². The first kappa shape index (κ1) is 4.13. The Hall–Kier alpha value is -0.0400. The smallest absolute Gasteiger partial charge is 0.00439 e. The highest BCUT2D eigenvalue weighted by Crippen LogP contribution is 2.23. The fourth-order valence-electron chi connectivity index (χ4n) is 0.965. The van der Waals surface area contributed by atoms with E-state index in [1.165, 1.54) is 12.8 Å². The first-order valence-electron chi connectivity index (χ1n) is 2.54. The molecule has 1 heteroatoms. The summed E-state index contributed by atoms with van der Waals surface area (Å²) in [6.07, 6.45) is 2.50. The summed E-state index contributed by atoms with van der Waals surface area (Å²) in [7, 11) is 0. The number of hydrogen-bond acceptors (Lipinski definition) is 1. The highest BCUT2D eigenvalue weighted by atomic mass is 14.7. The van der Waals surface area contributed by atoms with Gasteiger partial charge >= 0.3 is 0 Å². The highest BCUT2D eigenvalue weighted by Gasteiger charge is 2.20. The zero-order valence-electron chi connectivity index (χ0n) is 4.15. The van der Waals surface area contributed by atoms with Gasteiger partial charge in [-0.25, -0.2) is 0 Å². The lowest BCUT2D eigenvalue weighted by Crippen LogP contribution is -2.34. The molecule has 0 aromatic rings. The summed E-state index contributed by atoms with van der Waals surface area (Å²) in [5.74, 6) is 0.917. The van der Waals surface area contributed by atoms with Gasteiger partial charge in [-0.3, -0.25) is 0 Å². The van der Waals surface area contributed by atoms with Crippen LogP contribution in [0.5, 0.6) is 0 Å². The lowest BCUT2D eigenvalue weighted by molar-refractivity contribution is 0.290.